The zero-order chi connectivity index (χ0) is 11.1. The first-order valence-electron chi connectivity index (χ1n) is 5.33. The predicted octanol–water partition coefficient (Wildman–Crippen LogP) is 4.04. The molecule has 1 aliphatic carbocycles. The summed E-state index contributed by atoms with van der Waals surface area (Å²) in [4.78, 5) is 0. The van der Waals surface area contributed by atoms with Gasteiger partial charge in [0.05, 0.1) is 10.5 Å². The van der Waals surface area contributed by atoms with Crippen molar-refractivity contribution in [3.63, 3.8) is 0 Å². The van der Waals surface area contributed by atoms with Gasteiger partial charge >= 0.3 is 0 Å². The zero-order valence-corrected chi connectivity index (χ0v) is 10.5. The molecule has 0 amide bonds. The highest BCUT2D eigenvalue weighted by atomic mass is 32.1. The fraction of sp³-hybridized carbons (Fsp3) is 0.143. The molecule has 0 nitrogen and oxygen atoms in total. The van der Waals surface area contributed by atoms with Crippen LogP contribution in [0.3, 0.4) is 0 Å². The Hall–Kier alpha value is -0.860. The van der Waals surface area contributed by atoms with Crippen molar-refractivity contribution >= 4 is 25.3 Å². The molecule has 1 aliphatic rings. The van der Waals surface area contributed by atoms with Crippen LogP contribution in [-0.2, 0) is 0 Å². The van der Waals surface area contributed by atoms with Crippen LogP contribution in [0.15, 0.2) is 48.5 Å². The summed E-state index contributed by atoms with van der Waals surface area (Å²) in [6, 6.07) is 16.8. The lowest BCUT2D eigenvalue weighted by Crippen LogP contribution is -2.11. The van der Waals surface area contributed by atoms with Gasteiger partial charge < -0.3 is 0 Å². The quantitative estimate of drug-likeness (QED) is 0.642. The van der Waals surface area contributed by atoms with Crippen LogP contribution in [0.25, 0.3) is 0 Å². The van der Waals surface area contributed by atoms with Gasteiger partial charge in [0.2, 0.25) is 0 Å². The van der Waals surface area contributed by atoms with Crippen molar-refractivity contribution in [2.45, 2.75) is 10.5 Å². The summed E-state index contributed by atoms with van der Waals surface area (Å²) in [6.07, 6.45) is 0. The number of benzene rings is 2. The smallest absolute Gasteiger partial charge is 0.0522 e. The third-order valence-electron chi connectivity index (χ3n) is 3.17. The normalized spacial score (nSPS) is 22.4. The summed E-state index contributed by atoms with van der Waals surface area (Å²) >= 11 is 9.45. The molecule has 0 spiro atoms. The Kier molecular flexibility index (Phi) is 2.49. The van der Waals surface area contributed by atoms with E-state index >= 15 is 0 Å². The van der Waals surface area contributed by atoms with Crippen molar-refractivity contribution < 1.29 is 0 Å². The molecule has 0 saturated carbocycles. The van der Waals surface area contributed by atoms with E-state index in [0.29, 0.717) is 0 Å². The SMILES string of the molecule is SC1c2ccccc2C(S)c2ccccc21. The molecule has 0 bridgehead atoms. The first-order valence-corrected chi connectivity index (χ1v) is 6.36. The molecular formula is C14H12S2. The molecule has 0 heterocycles. The molecule has 0 atom stereocenters. The second kappa shape index (κ2) is 3.86. The van der Waals surface area contributed by atoms with Crippen LogP contribution >= 0.6 is 25.3 Å². The first-order chi connectivity index (χ1) is 7.79. The number of fused-ring (bicyclic) bond motifs is 2. The highest BCUT2D eigenvalue weighted by Gasteiger charge is 2.27. The minimum absolute atomic E-state index is 0.177. The van der Waals surface area contributed by atoms with Crippen molar-refractivity contribution in [1.82, 2.24) is 0 Å². The topological polar surface area (TPSA) is 0 Å². The van der Waals surface area contributed by atoms with E-state index < -0.39 is 0 Å². The maximum atomic E-state index is 4.73. The highest BCUT2D eigenvalue weighted by Crippen LogP contribution is 2.45. The average Bonchev–Trinajstić information content (AvgIpc) is 2.36. The van der Waals surface area contributed by atoms with E-state index in [0.717, 1.165) is 0 Å². The zero-order valence-electron chi connectivity index (χ0n) is 8.67. The fourth-order valence-corrected chi connectivity index (χ4v) is 3.29. The van der Waals surface area contributed by atoms with Gasteiger partial charge in [0.15, 0.2) is 0 Å². The first kappa shape index (κ1) is 10.3. The van der Waals surface area contributed by atoms with Crippen LogP contribution in [-0.4, -0.2) is 0 Å². The van der Waals surface area contributed by atoms with Crippen LogP contribution in [0.2, 0.25) is 0 Å². The number of hydrogen-bond donors (Lipinski definition) is 2. The lowest BCUT2D eigenvalue weighted by Gasteiger charge is -2.29. The number of thiol groups is 2. The second-order valence-electron chi connectivity index (χ2n) is 4.06. The van der Waals surface area contributed by atoms with Gasteiger partial charge in [-0.25, -0.2) is 0 Å². The molecule has 0 N–H and O–H groups in total. The molecule has 2 heteroatoms. The van der Waals surface area contributed by atoms with E-state index in [-0.39, 0.29) is 10.5 Å². The van der Waals surface area contributed by atoms with Gasteiger partial charge in [0.1, 0.15) is 0 Å². The highest BCUT2D eigenvalue weighted by molar-refractivity contribution is 7.81. The van der Waals surface area contributed by atoms with Gasteiger partial charge in [0.25, 0.3) is 0 Å². The molecule has 3 rings (SSSR count). The van der Waals surface area contributed by atoms with E-state index in [1.165, 1.54) is 22.3 Å². The predicted molar refractivity (Wildman–Crippen MR) is 74.5 cm³/mol. The van der Waals surface area contributed by atoms with Gasteiger partial charge in [-0.1, -0.05) is 48.5 Å². The maximum absolute atomic E-state index is 4.73. The van der Waals surface area contributed by atoms with Crippen molar-refractivity contribution in [3.8, 4) is 0 Å². The van der Waals surface area contributed by atoms with Gasteiger partial charge in [-0.2, -0.15) is 25.3 Å². The van der Waals surface area contributed by atoms with Crippen molar-refractivity contribution in [1.29, 1.82) is 0 Å². The lowest BCUT2D eigenvalue weighted by molar-refractivity contribution is 0.977. The minimum Gasteiger partial charge on any atom is -0.166 e. The summed E-state index contributed by atoms with van der Waals surface area (Å²) < 4.78 is 0. The van der Waals surface area contributed by atoms with Crippen LogP contribution in [0.4, 0.5) is 0 Å². The average molecular weight is 244 g/mol. The summed E-state index contributed by atoms with van der Waals surface area (Å²) in [5.74, 6) is 0. The van der Waals surface area contributed by atoms with Gasteiger partial charge in [-0.15, -0.1) is 0 Å². The minimum atomic E-state index is 0.177. The third-order valence-corrected chi connectivity index (χ3v) is 4.28. The largest absolute Gasteiger partial charge is 0.166 e. The summed E-state index contributed by atoms with van der Waals surface area (Å²) in [6.45, 7) is 0. The summed E-state index contributed by atoms with van der Waals surface area (Å²) in [5.41, 5.74) is 5.13. The lowest BCUT2D eigenvalue weighted by atomic mass is 9.85. The molecular weight excluding hydrogens is 232 g/mol. The standard InChI is InChI=1S/C14H12S2/c15-13-9-5-1-2-6-10(9)14(16)12-8-4-3-7-11(12)13/h1-8,13-16H. The number of rotatable bonds is 0. The Bertz CT molecular complexity index is 438. The molecule has 0 saturated heterocycles. The van der Waals surface area contributed by atoms with E-state index in [4.69, 9.17) is 25.3 Å². The Morgan fingerprint density at radius 3 is 1.06 bits per heavy atom. The van der Waals surface area contributed by atoms with Gasteiger partial charge in [-0.05, 0) is 22.3 Å². The third kappa shape index (κ3) is 1.40. The molecule has 0 radical (unpaired) electrons. The second-order valence-corrected chi connectivity index (χ2v) is 5.10. The van der Waals surface area contributed by atoms with Crippen LogP contribution in [0.1, 0.15) is 32.8 Å². The van der Waals surface area contributed by atoms with Crippen LogP contribution < -0.4 is 0 Å². The van der Waals surface area contributed by atoms with E-state index in [1.807, 2.05) is 0 Å². The molecule has 0 fully saturated rings. The fourth-order valence-electron chi connectivity index (χ4n) is 2.35. The van der Waals surface area contributed by atoms with Crippen LogP contribution in [0.5, 0.6) is 0 Å². The molecule has 0 aliphatic heterocycles. The van der Waals surface area contributed by atoms with Crippen LogP contribution in [0, 0.1) is 0 Å². The maximum Gasteiger partial charge on any atom is 0.0522 e. The molecule has 16 heavy (non-hydrogen) atoms. The molecule has 2 aromatic rings. The van der Waals surface area contributed by atoms with E-state index in [9.17, 15) is 0 Å². The Labute approximate surface area is 107 Å². The summed E-state index contributed by atoms with van der Waals surface area (Å²) in [7, 11) is 0. The Balaban J connectivity index is 2.26. The van der Waals surface area contributed by atoms with Crippen molar-refractivity contribution in [3.05, 3.63) is 70.8 Å². The number of hydrogen-bond acceptors (Lipinski definition) is 2. The Morgan fingerprint density at radius 2 is 0.812 bits per heavy atom. The monoisotopic (exact) mass is 244 g/mol. The molecule has 0 unspecified atom stereocenters. The molecule has 2 aromatic carbocycles. The van der Waals surface area contributed by atoms with Gasteiger partial charge in [-0.3, -0.25) is 0 Å². The Morgan fingerprint density at radius 1 is 0.562 bits per heavy atom. The molecule has 0 aromatic heterocycles. The molecule has 80 valence electrons. The van der Waals surface area contributed by atoms with Crippen molar-refractivity contribution in [2.24, 2.45) is 0 Å². The van der Waals surface area contributed by atoms with E-state index in [2.05, 4.69) is 48.5 Å². The van der Waals surface area contributed by atoms with Gasteiger partial charge in [0, 0.05) is 0 Å². The summed E-state index contributed by atoms with van der Waals surface area (Å²) in [5, 5.41) is 0.353. The van der Waals surface area contributed by atoms with E-state index in [1.54, 1.807) is 0 Å². The van der Waals surface area contributed by atoms with Crippen molar-refractivity contribution in [2.75, 3.05) is 0 Å².